The molecule has 0 atom stereocenters. The summed E-state index contributed by atoms with van der Waals surface area (Å²) in [6.45, 7) is 6.97. The highest BCUT2D eigenvalue weighted by molar-refractivity contribution is 7.97. The molecular weight excluding hydrogens is 501 g/mol. The predicted molar refractivity (Wildman–Crippen MR) is 126 cm³/mol. The minimum absolute atomic E-state index is 0.0797. The van der Waals surface area contributed by atoms with Crippen molar-refractivity contribution >= 4 is 32.6 Å². The van der Waals surface area contributed by atoms with Crippen LogP contribution >= 0.6 is 11.3 Å². The molecule has 186 valence electrons. The lowest BCUT2D eigenvalue weighted by molar-refractivity contribution is -0.141. The number of anilines is 1. The van der Waals surface area contributed by atoms with Crippen LogP contribution in [0.5, 0.6) is 0 Å². The second-order valence-electron chi connectivity index (χ2n) is 9.11. The number of hydrogen-bond acceptors (Lipinski definition) is 8. The fourth-order valence-corrected chi connectivity index (χ4v) is 5.90. The minimum Gasteiger partial charge on any atom is -0.372 e. The second-order valence-corrected chi connectivity index (χ2v) is 12.2. The molecule has 0 amide bonds. The SMILES string of the molecule is CC(C)(C)c1cc2nc(C(F)(F)F)cc(N3CCN(C=C(C#N)S(=O)(=O)c4cccs4)CC3)n2n1. The molecule has 0 aromatic carbocycles. The maximum atomic E-state index is 13.6. The summed E-state index contributed by atoms with van der Waals surface area (Å²) in [7, 11) is -3.92. The van der Waals surface area contributed by atoms with Crippen LogP contribution in [0.4, 0.5) is 19.0 Å². The van der Waals surface area contributed by atoms with Gasteiger partial charge in [-0.25, -0.2) is 13.4 Å². The summed E-state index contributed by atoms with van der Waals surface area (Å²) < 4.78 is 67.6. The van der Waals surface area contributed by atoms with Gasteiger partial charge in [0.25, 0.3) is 0 Å². The van der Waals surface area contributed by atoms with Crippen molar-refractivity contribution in [3.8, 4) is 6.07 Å². The van der Waals surface area contributed by atoms with Crippen LogP contribution in [-0.2, 0) is 21.4 Å². The molecule has 1 saturated heterocycles. The number of aromatic nitrogens is 3. The Morgan fingerprint density at radius 2 is 1.83 bits per heavy atom. The largest absolute Gasteiger partial charge is 0.433 e. The molecule has 1 aliphatic rings. The van der Waals surface area contributed by atoms with Gasteiger partial charge in [-0.1, -0.05) is 26.8 Å². The summed E-state index contributed by atoms with van der Waals surface area (Å²) in [5.41, 5.74) is -0.661. The van der Waals surface area contributed by atoms with Crippen molar-refractivity contribution in [2.24, 2.45) is 0 Å². The third-order valence-electron chi connectivity index (χ3n) is 5.56. The lowest BCUT2D eigenvalue weighted by Crippen LogP contribution is -2.45. The predicted octanol–water partition coefficient (Wildman–Crippen LogP) is 4.07. The van der Waals surface area contributed by atoms with E-state index in [9.17, 15) is 26.9 Å². The number of sulfone groups is 1. The zero-order valence-corrected chi connectivity index (χ0v) is 20.9. The van der Waals surface area contributed by atoms with Gasteiger partial charge in [0, 0.05) is 49.9 Å². The zero-order valence-electron chi connectivity index (χ0n) is 19.2. The van der Waals surface area contributed by atoms with Gasteiger partial charge in [-0.05, 0) is 11.4 Å². The Morgan fingerprint density at radius 3 is 2.37 bits per heavy atom. The third-order valence-corrected chi connectivity index (χ3v) is 8.62. The van der Waals surface area contributed by atoms with Crippen molar-refractivity contribution in [3.63, 3.8) is 0 Å². The van der Waals surface area contributed by atoms with E-state index in [2.05, 4.69) is 10.1 Å². The molecule has 0 N–H and O–H groups in total. The molecular formula is C22H23F3N6O2S2. The Kier molecular flexibility index (Phi) is 6.31. The van der Waals surface area contributed by atoms with Crippen molar-refractivity contribution in [2.45, 2.75) is 36.6 Å². The molecule has 4 heterocycles. The van der Waals surface area contributed by atoms with Gasteiger partial charge in [-0.15, -0.1) is 11.3 Å². The van der Waals surface area contributed by atoms with Crippen LogP contribution in [0.25, 0.3) is 5.65 Å². The number of halogens is 3. The molecule has 0 bridgehead atoms. The van der Waals surface area contributed by atoms with Crippen molar-refractivity contribution in [3.05, 3.63) is 52.1 Å². The molecule has 0 spiro atoms. The standard InChI is InChI=1S/C22H23F3N6O2S2/c1-21(2,3)16-11-18-27-17(22(23,24)25)12-19(31(18)28-16)30-8-6-29(7-9-30)14-15(13-26)35(32,33)20-5-4-10-34-20/h4-5,10-12,14H,6-9H2,1-3H3. The number of allylic oxidation sites excluding steroid dienone is 1. The van der Waals surface area contributed by atoms with Gasteiger partial charge < -0.3 is 9.80 Å². The highest BCUT2D eigenvalue weighted by atomic mass is 32.2. The number of piperazine rings is 1. The maximum absolute atomic E-state index is 13.6. The van der Waals surface area contributed by atoms with Crippen molar-refractivity contribution in [2.75, 3.05) is 31.1 Å². The summed E-state index contributed by atoms with van der Waals surface area (Å²) in [4.78, 5) is 6.85. The summed E-state index contributed by atoms with van der Waals surface area (Å²) in [5, 5.41) is 15.6. The average Bonchev–Trinajstić information content (AvgIpc) is 3.46. The highest BCUT2D eigenvalue weighted by Gasteiger charge is 2.35. The molecule has 1 aliphatic heterocycles. The first-order chi connectivity index (χ1) is 16.3. The van der Waals surface area contributed by atoms with Crippen LogP contribution < -0.4 is 4.90 Å². The molecule has 1 fully saturated rings. The zero-order chi connectivity index (χ0) is 25.6. The molecule has 0 unspecified atom stereocenters. The van der Waals surface area contributed by atoms with Crippen LogP contribution in [0.1, 0.15) is 32.2 Å². The van der Waals surface area contributed by atoms with Gasteiger partial charge in [0.1, 0.15) is 16.1 Å². The quantitative estimate of drug-likeness (QED) is 0.475. The maximum Gasteiger partial charge on any atom is 0.433 e. The number of alkyl halides is 3. The summed E-state index contributed by atoms with van der Waals surface area (Å²) >= 11 is 1.03. The fraction of sp³-hybridized carbons (Fsp3) is 0.409. The molecule has 4 rings (SSSR count). The Hall–Kier alpha value is -3.11. The molecule has 0 saturated carbocycles. The lowest BCUT2D eigenvalue weighted by Gasteiger charge is -2.35. The minimum atomic E-state index is -4.62. The van der Waals surface area contributed by atoms with Crippen LogP contribution in [0.2, 0.25) is 0 Å². The van der Waals surface area contributed by atoms with E-state index in [-0.39, 0.29) is 26.0 Å². The molecule has 8 nitrogen and oxygen atoms in total. The van der Waals surface area contributed by atoms with Gasteiger partial charge in [-0.2, -0.15) is 28.0 Å². The Morgan fingerprint density at radius 1 is 1.14 bits per heavy atom. The Balaban J connectivity index is 1.63. The lowest BCUT2D eigenvalue weighted by atomic mass is 9.93. The van der Waals surface area contributed by atoms with Gasteiger partial charge in [-0.3, -0.25) is 0 Å². The first-order valence-electron chi connectivity index (χ1n) is 10.7. The number of rotatable bonds is 4. The Bertz CT molecular complexity index is 1410. The number of nitriles is 1. The van der Waals surface area contributed by atoms with Crippen molar-refractivity contribution in [1.29, 1.82) is 5.26 Å². The molecule has 0 radical (unpaired) electrons. The van der Waals surface area contributed by atoms with Gasteiger partial charge in [0.2, 0.25) is 9.84 Å². The molecule has 13 heteroatoms. The summed E-state index contributed by atoms with van der Waals surface area (Å²) in [5.74, 6) is 0.258. The second kappa shape index (κ2) is 8.83. The van der Waals surface area contributed by atoms with Gasteiger partial charge in [0.15, 0.2) is 16.2 Å². The van der Waals surface area contributed by atoms with E-state index in [0.29, 0.717) is 31.9 Å². The summed E-state index contributed by atoms with van der Waals surface area (Å²) in [6, 6.07) is 7.34. The first-order valence-corrected chi connectivity index (χ1v) is 13.0. The van der Waals surface area contributed by atoms with E-state index in [1.165, 1.54) is 16.8 Å². The van der Waals surface area contributed by atoms with E-state index in [1.807, 2.05) is 20.8 Å². The molecule has 3 aromatic heterocycles. The molecule has 0 aliphatic carbocycles. The monoisotopic (exact) mass is 524 g/mol. The van der Waals surface area contributed by atoms with Gasteiger partial charge >= 0.3 is 6.18 Å². The fourth-order valence-electron chi connectivity index (χ4n) is 3.62. The number of fused-ring (bicyclic) bond motifs is 1. The van der Waals surface area contributed by atoms with Crippen molar-refractivity contribution in [1.82, 2.24) is 19.5 Å². The van der Waals surface area contributed by atoms with E-state index < -0.39 is 21.7 Å². The topological polar surface area (TPSA) is 94.6 Å². The first kappa shape index (κ1) is 25.0. The van der Waals surface area contributed by atoms with Crippen LogP contribution in [0.15, 0.2) is 45.0 Å². The van der Waals surface area contributed by atoms with Crippen molar-refractivity contribution < 1.29 is 21.6 Å². The van der Waals surface area contributed by atoms with Crippen LogP contribution in [0, 0.1) is 11.3 Å². The average molecular weight is 525 g/mol. The van der Waals surface area contributed by atoms with E-state index in [1.54, 1.807) is 33.4 Å². The van der Waals surface area contributed by atoms with E-state index in [0.717, 1.165) is 17.4 Å². The highest BCUT2D eigenvalue weighted by Crippen LogP contribution is 2.33. The Labute approximate surface area is 204 Å². The number of nitrogens with zero attached hydrogens (tertiary/aromatic N) is 6. The normalized spacial score (nSPS) is 16.1. The van der Waals surface area contributed by atoms with E-state index in [4.69, 9.17) is 0 Å². The molecule has 35 heavy (non-hydrogen) atoms. The summed E-state index contributed by atoms with van der Waals surface area (Å²) in [6.07, 6.45) is -3.31. The smallest absolute Gasteiger partial charge is 0.372 e. The van der Waals surface area contributed by atoms with Crippen LogP contribution in [0.3, 0.4) is 0 Å². The van der Waals surface area contributed by atoms with E-state index >= 15 is 0 Å². The van der Waals surface area contributed by atoms with Gasteiger partial charge in [0.05, 0.1) is 5.69 Å². The number of thiophene rings is 1. The molecule has 3 aromatic rings. The van der Waals surface area contributed by atoms with Crippen LogP contribution in [-0.4, -0.2) is 54.1 Å². The third kappa shape index (κ3) is 4.99. The number of hydrogen-bond donors (Lipinski definition) is 0.